The van der Waals surface area contributed by atoms with Gasteiger partial charge in [0.2, 0.25) is 5.52 Å². The maximum atomic E-state index is 15.4. The largest absolute Gasteiger partial charge is 0.458 e. The van der Waals surface area contributed by atoms with Crippen LogP contribution in [0.25, 0.3) is 10.9 Å². The van der Waals surface area contributed by atoms with E-state index in [9.17, 15) is 57.5 Å². The van der Waals surface area contributed by atoms with Crippen molar-refractivity contribution in [1.29, 1.82) is 0 Å². The van der Waals surface area contributed by atoms with Gasteiger partial charge in [0.05, 0.1) is 6.61 Å². The molecule has 0 bridgehead atoms. The SMILES string of the molecule is CCCCCCCCOC(=O)c1ccc2ccccc2[n+]1Cc1ccccc1.Fc1c(F)c(F)c([B-](c2c(F)c(F)c(F)c(F)c2F)(c2c(F)c(F)c(F)c(F)c2F)c2c(F)c(F)c(F)c(F)c2F)c(F)c1F. The summed E-state index contributed by atoms with van der Waals surface area (Å²) >= 11 is 0. The molecule has 0 spiro atoms. The van der Waals surface area contributed by atoms with Gasteiger partial charge in [-0.25, -0.2) is 92.6 Å². The highest BCUT2D eigenvalue weighted by Crippen LogP contribution is 2.31. The molecule has 0 amide bonds. The molecule has 7 aromatic rings. The van der Waals surface area contributed by atoms with Crippen LogP contribution >= 0.6 is 0 Å². The van der Waals surface area contributed by atoms with E-state index >= 15 is 35.1 Å². The fourth-order valence-electron chi connectivity index (χ4n) is 8.37. The second-order valence-electron chi connectivity index (χ2n) is 16.1. The molecule has 0 radical (unpaired) electrons. The summed E-state index contributed by atoms with van der Waals surface area (Å²) in [5, 5.41) is 1.12. The van der Waals surface area contributed by atoms with E-state index < -0.39 is 144 Å². The summed E-state index contributed by atoms with van der Waals surface area (Å²) in [6.45, 7) is 3.35. The number of esters is 1. The van der Waals surface area contributed by atoms with E-state index in [0.29, 0.717) is 18.8 Å². The fraction of sp³-hybridized carbons (Fsp3) is 0.184. The van der Waals surface area contributed by atoms with E-state index in [-0.39, 0.29) is 5.97 Å². The van der Waals surface area contributed by atoms with Crippen LogP contribution in [0, 0.1) is 116 Å². The van der Waals surface area contributed by atoms with Crippen molar-refractivity contribution >= 4 is 44.9 Å². The van der Waals surface area contributed by atoms with Crippen LogP contribution in [0.1, 0.15) is 61.5 Å². The minimum absolute atomic E-state index is 0.241. The summed E-state index contributed by atoms with van der Waals surface area (Å²) in [4.78, 5) is 12.8. The molecule has 0 aliphatic rings. The highest BCUT2D eigenvalue weighted by molar-refractivity contribution is 7.20. The number of fused-ring (bicyclic) bond motifs is 1. The first kappa shape index (κ1) is 55.2. The summed E-state index contributed by atoms with van der Waals surface area (Å²) in [7, 11) is 0. The van der Waals surface area contributed by atoms with Crippen LogP contribution in [0.5, 0.6) is 0 Å². The van der Waals surface area contributed by atoms with Gasteiger partial charge in [-0.3, -0.25) is 0 Å². The zero-order valence-corrected chi connectivity index (χ0v) is 36.9. The highest BCUT2D eigenvalue weighted by atomic mass is 19.2. The highest BCUT2D eigenvalue weighted by Gasteiger charge is 2.52. The molecular formula is C49H30BF20NO2. The Morgan fingerprint density at radius 3 is 1.11 bits per heavy atom. The molecule has 0 aliphatic carbocycles. The number of benzene rings is 6. The number of ether oxygens (including phenoxy) is 1. The van der Waals surface area contributed by atoms with Gasteiger partial charge in [0.25, 0.3) is 5.69 Å². The normalized spacial score (nSPS) is 11.6. The number of hydrogen-bond acceptors (Lipinski definition) is 2. The fourth-order valence-corrected chi connectivity index (χ4v) is 8.37. The molecule has 0 atom stereocenters. The van der Waals surface area contributed by atoms with Crippen molar-refractivity contribution in [1.82, 2.24) is 0 Å². The molecular weight excluding hydrogens is 1030 g/mol. The molecule has 7 rings (SSSR count). The van der Waals surface area contributed by atoms with Crippen molar-refractivity contribution in [2.75, 3.05) is 6.61 Å². The topological polar surface area (TPSA) is 30.2 Å². The van der Waals surface area contributed by atoms with Crippen molar-refractivity contribution in [2.24, 2.45) is 0 Å². The van der Waals surface area contributed by atoms with Crippen LogP contribution in [0.4, 0.5) is 87.8 Å². The van der Waals surface area contributed by atoms with E-state index in [1.54, 1.807) is 0 Å². The Balaban J connectivity index is 0.000000265. The standard InChI is InChI=1S/C25H30NO2.C24BF20/c1-2-3-4-5-6-12-19-28-25(27)24-18-17-22-15-10-11-16-23(22)26(24)20-21-13-8-7-9-14-21;26-5-1(6(27)14(35)21(42)13(5)34)25(2-7(28)15(36)22(43)16(37)8(2)29,3-9(30)17(38)23(44)18(39)10(3)31)4-11(32)19(40)24(45)20(41)12(4)33/h7-11,13-18H,2-6,12,19-20H2,1H3;/q+1;-1. The maximum absolute atomic E-state index is 15.4. The molecule has 386 valence electrons. The van der Waals surface area contributed by atoms with E-state index in [1.165, 1.54) is 25.7 Å². The molecule has 1 heterocycles. The lowest BCUT2D eigenvalue weighted by molar-refractivity contribution is -0.665. The van der Waals surface area contributed by atoms with Crippen molar-refractivity contribution in [2.45, 2.75) is 52.0 Å². The van der Waals surface area contributed by atoms with Gasteiger partial charge >= 0.3 is 5.97 Å². The monoisotopic (exact) mass is 1060 g/mol. The average Bonchev–Trinajstić information content (AvgIpc) is 3.38. The second-order valence-corrected chi connectivity index (χ2v) is 16.1. The number of aromatic nitrogens is 1. The summed E-state index contributed by atoms with van der Waals surface area (Å²) < 4.78 is 302. The third-order valence-electron chi connectivity index (χ3n) is 11.8. The average molecular weight is 1060 g/mol. The molecule has 0 saturated heterocycles. The van der Waals surface area contributed by atoms with Crippen molar-refractivity contribution < 1.29 is 102 Å². The molecule has 24 heteroatoms. The number of nitrogens with zero attached hydrogens (tertiary/aromatic N) is 1. The van der Waals surface area contributed by atoms with E-state index in [2.05, 4.69) is 35.8 Å². The number of rotatable bonds is 14. The van der Waals surface area contributed by atoms with Gasteiger partial charge in [0.1, 0.15) is 52.7 Å². The molecule has 73 heavy (non-hydrogen) atoms. The molecule has 0 saturated carbocycles. The lowest BCUT2D eigenvalue weighted by atomic mass is 9.12. The number of hydrogen-bond donors (Lipinski definition) is 0. The Morgan fingerprint density at radius 2 is 0.726 bits per heavy atom. The Kier molecular flexibility index (Phi) is 16.9. The van der Waals surface area contributed by atoms with Crippen LogP contribution < -0.4 is 26.4 Å². The Hall–Kier alpha value is -7.14. The number of para-hydroxylation sites is 1. The molecule has 1 aromatic heterocycles. The lowest BCUT2D eigenvalue weighted by Crippen LogP contribution is -2.81. The molecule has 3 nitrogen and oxygen atoms in total. The van der Waals surface area contributed by atoms with Crippen LogP contribution in [0.15, 0.2) is 66.7 Å². The minimum Gasteiger partial charge on any atom is -0.458 e. The first-order chi connectivity index (χ1) is 34.5. The lowest BCUT2D eigenvalue weighted by Gasteiger charge is -2.44. The van der Waals surface area contributed by atoms with Gasteiger partial charge in [0.15, 0.2) is 76.4 Å². The smallest absolute Gasteiger partial charge is 0.403 e. The van der Waals surface area contributed by atoms with Crippen LogP contribution in [0.3, 0.4) is 0 Å². The van der Waals surface area contributed by atoms with E-state index in [1.807, 2.05) is 42.5 Å². The Labute approximate surface area is 399 Å². The summed E-state index contributed by atoms with van der Waals surface area (Å²) in [5.74, 6) is -71.6. The van der Waals surface area contributed by atoms with Gasteiger partial charge < -0.3 is 4.74 Å². The third-order valence-corrected chi connectivity index (χ3v) is 11.8. The van der Waals surface area contributed by atoms with Crippen LogP contribution in [-0.2, 0) is 11.3 Å². The number of halogens is 20. The molecule has 0 N–H and O–H groups in total. The maximum Gasteiger partial charge on any atom is 0.403 e. The van der Waals surface area contributed by atoms with E-state index in [0.717, 1.165) is 29.3 Å². The van der Waals surface area contributed by atoms with Crippen LogP contribution in [0.2, 0.25) is 0 Å². The zero-order valence-electron chi connectivity index (χ0n) is 36.9. The van der Waals surface area contributed by atoms with Gasteiger partial charge in [-0.15, -0.1) is 21.9 Å². The third kappa shape index (κ3) is 9.78. The quantitative estimate of drug-likeness (QED) is 0.0207. The number of carbonyl (C=O) groups is 1. The van der Waals surface area contributed by atoms with Crippen molar-refractivity contribution in [3.63, 3.8) is 0 Å². The Morgan fingerprint density at radius 1 is 0.397 bits per heavy atom. The van der Waals surface area contributed by atoms with Crippen LogP contribution in [-0.4, -0.2) is 18.7 Å². The van der Waals surface area contributed by atoms with Gasteiger partial charge in [-0.05, 0) is 18.6 Å². The van der Waals surface area contributed by atoms with Gasteiger partial charge in [0, 0.05) is 23.1 Å². The second kappa shape index (κ2) is 22.3. The summed E-state index contributed by atoms with van der Waals surface area (Å²) in [6.07, 6.45) is -0.141. The van der Waals surface area contributed by atoms with E-state index in [4.69, 9.17) is 4.74 Å². The van der Waals surface area contributed by atoms with Gasteiger partial charge in [-0.2, -0.15) is 4.57 Å². The first-order valence-electron chi connectivity index (χ1n) is 21.4. The summed E-state index contributed by atoms with van der Waals surface area (Å²) in [6, 6.07) is 22.3. The molecule has 0 aliphatic heterocycles. The molecule has 0 unspecified atom stereocenters. The number of unbranched alkanes of at least 4 members (excludes halogenated alkanes) is 5. The predicted octanol–water partition coefficient (Wildman–Crippen LogP) is 11.5. The van der Waals surface area contributed by atoms with Gasteiger partial charge in [-0.1, -0.05) is 81.5 Å². The first-order valence-corrected chi connectivity index (χ1v) is 21.4. The molecule has 0 fully saturated rings. The van der Waals surface area contributed by atoms with Crippen molar-refractivity contribution in [3.8, 4) is 0 Å². The number of pyridine rings is 1. The molecule has 6 aromatic carbocycles. The zero-order chi connectivity index (χ0) is 54.0. The minimum atomic E-state index is -7.22. The predicted molar refractivity (Wildman–Crippen MR) is 223 cm³/mol. The number of carbonyl (C=O) groups excluding carboxylic acids is 1. The Bertz CT molecular complexity index is 2880. The van der Waals surface area contributed by atoms with Crippen molar-refractivity contribution in [3.05, 3.63) is 194 Å². The summed E-state index contributed by atoms with van der Waals surface area (Å²) in [5.41, 5.74) is -11.5.